The number of ketones is 1. The molecule has 2 aliphatic carbocycles. The molecule has 4 rings (SSSR count). The molecule has 0 aliphatic heterocycles. The van der Waals surface area contributed by atoms with Crippen LogP contribution >= 0.6 is 0 Å². The summed E-state index contributed by atoms with van der Waals surface area (Å²) in [5.41, 5.74) is 3.78. The zero-order chi connectivity index (χ0) is 19.0. The van der Waals surface area contributed by atoms with Crippen molar-refractivity contribution >= 4 is 22.6 Å². The van der Waals surface area contributed by atoms with Crippen LogP contribution in [0.3, 0.4) is 0 Å². The molecule has 1 unspecified atom stereocenters. The first-order valence-electron chi connectivity index (χ1n) is 10.2. The molecule has 144 valence electrons. The van der Waals surface area contributed by atoms with E-state index in [9.17, 15) is 9.59 Å². The monoisotopic (exact) mass is 367 g/mol. The molecule has 5 nitrogen and oxygen atoms in total. The summed E-state index contributed by atoms with van der Waals surface area (Å²) in [6, 6.07) is 5.98. The molecule has 1 atom stereocenters. The van der Waals surface area contributed by atoms with Gasteiger partial charge in [0.1, 0.15) is 0 Å². The van der Waals surface area contributed by atoms with Gasteiger partial charge in [0.2, 0.25) is 0 Å². The minimum Gasteiger partial charge on any atom is -0.352 e. The maximum absolute atomic E-state index is 12.8. The number of hydrogen-bond acceptors (Lipinski definition) is 3. The number of nitrogens with one attached hydrogen (secondary N) is 3. The second-order valence-corrected chi connectivity index (χ2v) is 8.16. The van der Waals surface area contributed by atoms with E-state index in [0.29, 0.717) is 12.0 Å². The van der Waals surface area contributed by atoms with E-state index in [1.165, 1.54) is 5.56 Å². The van der Waals surface area contributed by atoms with Gasteiger partial charge in [0.15, 0.2) is 5.78 Å². The summed E-state index contributed by atoms with van der Waals surface area (Å²) in [4.78, 5) is 28.7. The van der Waals surface area contributed by atoms with Gasteiger partial charge in [-0.1, -0.05) is 6.92 Å². The third-order valence-corrected chi connectivity index (χ3v) is 6.35. The fourth-order valence-corrected chi connectivity index (χ4v) is 4.55. The number of carbonyl (C=O) groups excluding carboxylic acids is 2. The first kappa shape index (κ1) is 18.2. The lowest BCUT2D eigenvalue weighted by Gasteiger charge is -2.17. The maximum atomic E-state index is 12.8. The molecule has 0 bridgehead atoms. The fourth-order valence-electron chi connectivity index (χ4n) is 4.55. The van der Waals surface area contributed by atoms with Crippen molar-refractivity contribution in [1.82, 2.24) is 15.6 Å². The average molecular weight is 367 g/mol. The van der Waals surface area contributed by atoms with Crippen molar-refractivity contribution < 1.29 is 9.59 Å². The highest BCUT2D eigenvalue weighted by molar-refractivity contribution is 6.06. The molecule has 1 amide bonds. The van der Waals surface area contributed by atoms with Crippen LogP contribution in [0, 0.1) is 0 Å². The quantitative estimate of drug-likeness (QED) is 0.729. The molecule has 2 aromatic rings. The van der Waals surface area contributed by atoms with E-state index in [-0.39, 0.29) is 23.1 Å². The Morgan fingerprint density at radius 3 is 2.81 bits per heavy atom. The van der Waals surface area contributed by atoms with Gasteiger partial charge in [0.25, 0.3) is 5.91 Å². The standard InChI is InChI=1S/C22H29N3O2/c1-3-15(8-12-23-2)24-21(27)14-6-7-17-16(13-14)19-20(25-17)18(26)5-4-9-22(19)10-11-22/h6-7,13,15,23,25H,3-5,8-12H2,1-2H3,(H,24,27). The van der Waals surface area contributed by atoms with Gasteiger partial charge in [-0.05, 0) is 81.3 Å². The predicted molar refractivity (Wildman–Crippen MR) is 107 cm³/mol. The molecular weight excluding hydrogens is 338 g/mol. The molecular formula is C22H29N3O2. The van der Waals surface area contributed by atoms with E-state index in [0.717, 1.165) is 61.7 Å². The summed E-state index contributed by atoms with van der Waals surface area (Å²) in [7, 11) is 1.93. The summed E-state index contributed by atoms with van der Waals surface area (Å²) in [6.07, 6.45) is 6.80. The number of aromatic amines is 1. The van der Waals surface area contributed by atoms with Crippen LogP contribution in [0.15, 0.2) is 18.2 Å². The van der Waals surface area contributed by atoms with Gasteiger partial charge >= 0.3 is 0 Å². The summed E-state index contributed by atoms with van der Waals surface area (Å²) in [5.74, 6) is 0.189. The van der Waals surface area contributed by atoms with Crippen LogP contribution in [0.1, 0.15) is 78.3 Å². The van der Waals surface area contributed by atoms with Crippen LogP contribution in [0.2, 0.25) is 0 Å². The van der Waals surface area contributed by atoms with Gasteiger partial charge < -0.3 is 15.6 Å². The lowest BCUT2D eigenvalue weighted by atomic mass is 9.90. The summed E-state index contributed by atoms with van der Waals surface area (Å²) < 4.78 is 0. The molecule has 1 saturated carbocycles. The minimum atomic E-state index is -0.0281. The van der Waals surface area contributed by atoms with Gasteiger partial charge in [-0.2, -0.15) is 0 Å². The number of benzene rings is 1. The maximum Gasteiger partial charge on any atom is 0.251 e. The number of fused-ring (bicyclic) bond motifs is 4. The Labute approximate surface area is 160 Å². The Hall–Kier alpha value is -2.14. The van der Waals surface area contributed by atoms with Crippen molar-refractivity contribution in [2.24, 2.45) is 0 Å². The van der Waals surface area contributed by atoms with E-state index >= 15 is 0 Å². The third-order valence-electron chi connectivity index (χ3n) is 6.35. The van der Waals surface area contributed by atoms with E-state index in [4.69, 9.17) is 0 Å². The normalized spacial score (nSPS) is 19.0. The lowest BCUT2D eigenvalue weighted by molar-refractivity contribution is 0.0932. The highest BCUT2D eigenvalue weighted by atomic mass is 16.1. The van der Waals surface area contributed by atoms with E-state index < -0.39 is 0 Å². The summed E-state index contributed by atoms with van der Waals surface area (Å²) in [5, 5.41) is 7.36. The fraction of sp³-hybridized carbons (Fsp3) is 0.545. The van der Waals surface area contributed by atoms with Crippen molar-refractivity contribution in [3.05, 3.63) is 35.0 Å². The van der Waals surface area contributed by atoms with Gasteiger partial charge in [0.05, 0.1) is 5.69 Å². The zero-order valence-corrected chi connectivity index (χ0v) is 16.3. The molecule has 2 aliphatic rings. The number of amides is 1. The smallest absolute Gasteiger partial charge is 0.251 e. The van der Waals surface area contributed by atoms with Gasteiger partial charge in [0, 0.05) is 28.9 Å². The van der Waals surface area contributed by atoms with Gasteiger partial charge in [-0.25, -0.2) is 0 Å². The molecule has 1 aromatic carbocycles. The molecule has 3 N–H and O–H groups in total. The Balaban J connectivity index is 1.67. The topological polar surface area (TPSA) is 74.0 Å². The van der Waals surface area contributed by atoms with Crippen LogP contribution in [0.25, 0.3) is 10.9 Å². The largest absolute Gasteiger partial charge is 0.352 e. The molecule has 0 saturated heterocycles. The number of hydrogen-bond donors (Lipinski definition) is 3. The number of rotatable bonds is 6. The summed E-state index contributed by atoms with van der Waals surface area (Å²) >= 11 is 0. The van der Waals surface area contributed by atoms with Crippen molar-refractivity contribution in [2.45, 2.75) is 63.3 Å². The van der Waals surface area contributed by atoms with Crippen LogP contribution in [-0.2, 0) is 5.41 Å². The molecule has 0 radical (unpaired) electrons. The van der Waals surface area contributed by atoms with Crippen molar-refractivity contribution in [3.8, 4) is 0 Å². The third kappa shape index (κ3) is 3.29. The number of Topliss-reactive ketones (excluding diaryl/α,β-unsaturated/α-hetero) is 1. The first-order valence-corrected chi connectivity index (χ1v) is 10.2. The zero-order valence-electron chi connectivity index (χ0n) is 16.3. The Morgan fingerprint density at radius 1 is 1.30 bits per heavy atom. The molecule has 5 heteroatoms. The number of H-pyrrole nitrogens is 1. The van der Waals surface area contributed by atoms with E-state index in [1.807, 2.05) is 25.2 Å². The Bertz CT molecular complexity index is 879. The molecule has 1 aromatic heterocycles. The lowest BCUT2D eigenvalue weighted by Crippen LogP contribution is -2.36. The van der Waals surface area contributed by atoms with Gasteiger partial charge in [-0.3, -0.25) is 9.59 Å². The van der Waals surface area contributed by atoms with Crippen molar-refractivity contribution in [2.75, 3.05) is 13.6 Å². The van der Waals surface area contributed by atoms with Gasteiger partial charge in [-0.15, -0.1) is 0 Å². The molecule has 27 heavy (non-hydrogen) atoms. The first-order chi connectivity index (χ1) is 13.1. The van der Waals surface area contributed by atoms with E-state index in [1.54, 1.807) is 0 Å². The summed E-state index contributed by atoms with van der Waals surface area (Å²) in [6.45, 7) is 2.98. The van der Waals surface area contributed by atoms with Crippen LogP contribution in [0.4, 0.5) is 0 Å². The number of aromatic nitrogens is 1. The second-order valence-electron chi connectivity index (χ2n) is 8.16. The highest BCUT2D eigenvalue weighted by Crippen LogP contribution is 2.56. The second kappa shape index (κ2) is 7.12. The average Bonchev–Trinajstić information content (AvgIpc) is 3.37. The highest BCUT2D eigenvalue weighted by Gasteiger charge is 2.48. The predicted octanol–water partition coefficient (Wildman–Crippen LogP) is 3.68. The van der Waals surface area contributed by atoms with E-state index in [2.05, 4.69) is 22.5 Å². The van der Waals surface area contributed by atoms with Crippen LogP contribution in [0.5, 0.6) is 0 Å². The molecule has 1 fully saturated rings. The molecule has 1 spiro atoms. The minimum absolute atomic E-state index is 0.0281. The molecule has 1 heterocycles. The SMILES string of the molecule is CCC(CCNC)NC(=O)c1ccc2[nH]c3c(c2c1)C1(CCCC3=O)CC1. The van der Waals surface area contributed by atoms with Crippen molar-refractivity contribution in [3.63, 3.8) is 0 Å². The van der Waals surface area contributed by atoms with Crippen LogP contribution in [-0.4, -0.2) is 36.3 Å². The van der Waals surface area contributed by atoms with Crippen LogP contribution < -0.4 is 10.6 Å². The Morgan fingerprint density at radius 2 is 2.11 bits per heavy atom. The Kier molecular flexibility index (Phi) is 4.81. The number of carbonyl (C=O) groups is 2. The van der Waals surface area contributed by atoms with Crippen molar-refractivity contribution in [1.29, 1.82) is 0 Å².